The number of thiocarbonyl (C=S) groups is 1. The van der Waals surface area contributed by atoms with Gasteiger partial charge in [0.05, 0.1) is 6.20 Å². The molecule has 0 saturated carbocycles. The summed E-state index contributed by atoms with van der Waals surface area (Å²) in [6.45, 7) is 3.47. The molecule has 1 saturated heterocycles. The van der Waals surface area contributed by atoms with Crippen molar-refractivity contribution in [2.24, 2.45) is 0 Å². The number of hydrogen-bond acceptors (Lipinski definition) is 4. The maximum absolute atomic E-state index is 5.88. The van der Waals surface area contributed by atoms with E-state index in [4.69, 9.17) is 23.8 Å². The molecule has 3 rings (SSSR count). The van der Waals surface area contributed by atoms with Gasteiger partial charge < -0.3 is 15.1 Å². The van der Waals surface area contributed by atoms with E-state index in [1.165, 1.54) is 0 Å². The summed E-state index contributed by atoms with van der Waals surface area (Å²) in [4.78, 5) is 12.8. The highest BCUT2D eigenvalue weighted by Gasteiger charge is 2.19. The standard InChI is InChI=1S/C15H16ClN5S/c16-12-1-3-13(4-2-12)19-15(22)21-9-7-20(8-10-21)14-11-17-5-6-18-14/h1-6,11H,7-10H2,(H,19,22). The lowest BCUT2D eigenvalue weighted by atomic mass is 10.3. The largest absolute Gasteiger partial charge is 0.352 e. The van der Waals surface area contributed by atoms with Crippen molar-refractivity contribution in [3.05, 3.63) is 47.9 Å². The topological polar surface area (TPSA) is 44.3 Å². The Kier molecular flexibility index (Phi) is 4.70. The van der Waals surface area contributed by atoms with Crippen LogP contribution in [0.4, 0.5) is 11.5 Å². The van der Waals surface area contributed by atoms with E-state index in [9.17, 15) is 0 Å². The molecule has 0 bridgehead atoms. The van der Waals surface area contributed by atoms with Crippen LogP contribution in [0.1, 0.15) is 0 Å². The molecular formula is C15H16ClN5S. The number of aromatic nitrogens is 2. The summed E-state index contributed by atoms with van der Waals surface area (Å²) in [6.07, 6.45) is 5.19. The van der Waals surface area contributed by atoms with Gasteiger partial charge in [-0.1, -0.05) is 11.6 Å². The highest BCUT2D eigenvalue weighted by molar-refractivity contribution is 7.80. The molecule has 2 aromatic rings. The van der Waals surface area contributed by atoms with E-state index >= 15 is 0 Å². The molecule has 0 amide bonds. The molecule has 0 aliphatic carbocycles. The number of nitrogens with zero attached hydrogens (tertiary/aromatic N) is 4. The molecule has 1 fully saturated rings. The zero-order chi connectivity index (χ0) is 15.4. The van der Waals surface area contributed by atoms with Crippen molar-refractivity contribution >= 4 is 40.4 Å². The molecule has 7 heteroatoms. The molecule has 1 aromatic heterocycles. The Morgan fingerprint density at radius 3 is 2.45 bits per heavy atom. The zero-order valence-corrected chi connectivity index (χ0v) is 13.5. The molecule has 0 atom stereocenters. The Hall–Kier alpha value is -1.92. The van der Waals surface area contributed by atoms with E-state index in [0.717, 1.165) is 42.8 Å². The Bertz CT molecular complexity index is 626. The molecule has 1 N–H and O–H groups in total. The monoisotopic (exact) mass is 333 g/mol. The van der Waals surface area contributed by atoms with Gasteiger partial charge in [0.2, 0.25) is 0 Å². The molecule has 0 radical (unpaired) electrons. The van der Waals surface area contributed by atoms with E-state index in [0.29, 0.717) is 5.02 Å². The van der Waals surface area contributed by atoms with Crippen LogP contribution in [-0.4, -0.2) is 46.2 Å². The molecular weight excluding hydrogens is 318 g/mol. The quantitative estimate of drug-likeness (QED) is 0.852. The summed E-state index contributed by atoms with van der Waals surface area (Å²) in [5.41, 5.74) is 0.950. The van der Waals surface area contributed by atoms with Gasteiger partial charge in [0, 0.05) is 49.3 Å². The van der Waals surface area contributed by atoms with Crippen molar-refractivity contribution < 1.29 is 0 Å². The van der Waals surface area contributed by atoms with Crippen molar-refractivity contribution in [1.29, 1.82) is 0 Å². The smallest absolute Gasteiger partial charge is 0.173 e. The van der Waals surface area contributed by atoms with Gasteiger partial charge in [-0.25, -0.2) is 4.98 Å². The Balaban J connectivity index is 1.54. The first-order valence-corrected chi connectivity index (χ1v) is 7.83. The highest BCUT2D eigenvalue weighted by Crippen LogP contribution is 2.15. The predicted octanol–water partition coefficient (Wildman–Crippen LogP) is 2.65. The maximum Gasteiger partial charge on any atom is 0.173 e. The van der Waals surface area contributed by atoms with Crippen molar-refractivity contribution in [2.75, 3.05) is 36.4 Å². The lowest BCUT2D eigenvalue weighted by Gasteiger charge is -2.36. The van der Waals surface area contributed by atoms with E-state index in [1.54, 1.807) is 18.6 Å². The number of nitrogens with one attached hydrogen (secondary N) is 1. The number of anilines is 2. The second-order valence-corrected chi connectivity index (χ2v) is 5.80. The molecule has 0 spiro atoms. The first-order chi connectivity index (χ1) is 10.7. The lowest BCUT2D eigenvalue weighted by molar-refractivity contribution is 0.389. The van der Waals surface area contributed by atoms with Gasteiger partial charge >= 0.3 is 0 Å². The number of rotatable bonds is 2. The van der Waals surface area contributed by atoms with Gasteiger partial charge in [0.25, 0.3) is 0 Å². The number of hydrogen-bond donors (Lipinski definition) is 1. The molecule has 0 unspecified atom stereocenters. The highest BCUT2D eigenvalue weighted by atomic mass is 35.5. The van der Waals surface area contributed by atoms with Gasteiger partial charge in [-0.2, -0.15) is 0 Å². The number of benzene rings is 1. The van der Waals surface area contributed by atoms with E-state index in [-0.39, 0.29) is 0 Å². The molecule has 2 heterocycles. The van der Waals surface area contributed by atoms with Crippen LogP contribution >= 0.6 is 23.8 Å². The number of piperazine rings is 1. The minimum atomic E-state index is 0.717. The van der Waals surface area contributed by atoms with Crippen LogP contribution < -0.4 is 10.2 Å². The fraction of sp³-hybridized carbons (Fsp3) is 0.267. The molecule has 1 aromatic carbocycles. The number of halogens is 1. The normalized spacial score (nSPS) is 14.8. The fourth-order valence-electron chi connectivity index (χ4n) is 2.33. The lowest BCUT2D eigenvalue weighted by Crippen LogP contribution is -2.50. The third-order valence-corrected chi connectivity index (χ3v) is 4.15. The first-order valence-electron chi connectivity index (χ1n) is 7.05. The molecule has 5 nitrogen and oxygen atoms in total. The van der Waals surface area contributed by atoms with Gasteiger partial charge in [-0.15, -0.1) is 0 Å². The van der Waals surface area contributed by atoms with Gasteiger partial charge in [0.1, 0.15) is 5.82 Å². The van der Waals surface area contributed by atoms with Gasteiger partial charge in [0.15, 0.2) is 5.11 Å². The Morgan fingerprint density at radius 2 is 1.82 bits per heavy atom. The molecule has 22 heavy (non-hydrogen) atoms. The summed E-state index contributed by atoms with van der Waals surface area (Å²) in [5.74, 6) is 0.915. The van der Waals surface area contributed by atoms with Crippen molar-refractivity contribution in [1.82, 2.24) is 14.9 Å². The molecule has 1 aliphatic rings. The summed E-state index contributed by atoms with van der Waals surface area (Å²) in [5, 5.41) is 4.70. The average Bonchev–Trinajstić information content (AvgIpc) is 2.58. The predicted molar refractivity (Wildman–Crippen MR) is 93.5 cm³/mol. The molecule has 114 valence electrons. The average molecular weight is 334 g/mol. The van der Waals surface area contributed by atoms with E-state index < -0.39 is 0 Å². The maximum atomic E-state index is 5.88. The minimum Gasteiger partial charge on any atom is -0.352 e. The van der Waals surface area contributed by atoms with Crippen molar-refractivity contribution in [3.63, 3.8) is 0 Å². The van der Waals surface area contributed by atoms with Crippen LogP contribution in [-0.2, 0) is 0 Å². The zero-order valence-electron chi connectivity index (χ0n) is 11.9. The SMILES string of the molecule is S=C(Nc1ccc(Cl)cc1)N1CCN(c2cnccn2)CC1. The van der Waals surface area contributed by atoms with Gasteiger partial charge in [-0.3, -0.25) is 4.98 Å². The summed E-state index contributed by atoms with van der Waals surface area (Å²) in [6, 6.07) is 7.53. The van der Waals surface area contributed by atoms with Crippen molar-refractivity contribution in [3.8, 4) is 0 Å². The van der Waals surface area contributed by atoms with Crippen LogP contribution in [0.2, 0.25) is 5.02 Å². The van der Waals surface area contributed by atoms with Crippen LogP contribution in [0, 0.1) is 0 Å². The Labute approximate surface area is 139 Å². The van der Waals surface area contributed by atoms with E-state index in [1.807, 2.05) is 24.3 Å². The van der Waals surface area contributed by atoms with E-state index in [2.05, 4.69) is 25.1 Å². The van der Waals surface area contributed by atoms with Gasteiger partial charge in [-0.05, 0) is 36.5 Å². The van der Waals surface area contributed by atoms with Crippen molar-refractivity contribution in [2.45, 2.75) is 0 Å². The third kappa shape index (κ3) is 3.64. The minimum absolute atomic E-state index is 0.717. The second kappa shape index (κ2) is 6.89. The van der Waals surface area contributed by atoms with Crippen LogP contribution in [0.3, 0.4) is 0 Å². The molecule has 1 aliphatic heterocycles. The van der Waals surface area contributed by atoms with Crippen LogP contribution in [0.15, 0.2) is 42.9 Å². The summed E-state index contributed by atoms with van der Waals surface area (Å²) >= 11 is 11.4. The first kappa shape index (κ1) is 15.0. The van der Waals surface area contributed by atoms with Crippen LogP contribution in [0.25, 0.3) is 0 Å². The third-order valence-electron chi connectivity index (χ3n) is 3.54. The Morgan fingerprint density at radius 1 is 1.09 bits per heavy atom. The second-order valence-electron chi connectivity index (χ2n) is 4.97. The summed E-state index contributed by atoms with van der Waals surface area (Å²) in [7, 11) is 0. The van der Waals surface area contributed by atoms with Crippen LogP contribution in [0.5, 0.6) is 0 Å². The summed E-state index contributed by atoms with van der Waals surface area (Å²) < 4.78 is 0. The fourth-order valence-corrected chi connectivity index (χ4v) is 2.76.